The van der Waals surface area contributed by atoms with Gasteiger partial charge in [-0.25, -0.2) is 5.48 Å². The lowest BCUT2D eigenvalue weighted by atomic mass is 10.0. The first-order valence-corrected chi connectivity index (χ1v) is 11.2. The maximum absolute atomic E-state index is 6.23. The zero-order valence-corrected chi connectivity index (χ0v) is 15.7. The second-order valence-electron chi connectivity index (χ2n) is 7.44. The Bertz CT molecular complexity index is 397. The Kier molecular flexibility index (Phi) is 7.11. The van der Waals surface area contributed by atoms with Crippen molar-refractivity contribution in [3.05, 3.63) is 35.9 Å². The third kappa shape index (κ3) is 5.93. The largest absolute Gasteiger partial charge is 0.345 e. The minimum atomic E-state index is -1.76. The number of hydrogen-bond acceptors (Lipinski definition) is 2. The summed E-state index contributed by atoms with van der Waals surface area (Å²) in [6.45, 7) is 13.6. The Labute approximate surface area is 132 Å². The molecule has 0 heterocycles. The first kappa shape index (κ1) is 18.4. The van der Waals surface area contributed by atoms with Crippen LogP contribution in [0.2, 0.25) is 18.1 Å². The van der Waals surface area contributed by atoms with E-state index in [-0.39, 0.29) is 5.04 Å². The van der Waals surface area contributed by atoms with Crippen molar-refractivity contribution < 1.29 is 4.53 Å². The summed E-state index contributed by atoms with van der Waals surface area (Å²) in [6.07, 6.45) is 4.91. The molecule has 0 saturated carbocycles. The standard InChI is InChI=1S/C18H33NOSi/c1-7-8-10-15-17(16-13-11-9-12-14-16)19-20-21(5,6)18(2,3)4/h9,11-14,17,19H,7-8,10,15H2,1-6H3/t17-/m1/s1. The first-order chi connectivity index (χ1) is 9.78. The molecular formula is C18H33NOSi. The van der Waals surface area contributed by atoms with Crippen LogP contribution in [0.4, 0.5) is 0 Å². The molecule has 0 unspecified atom stereocenters. The highest BCUT2D eigenvalue weighted by Gasteiger charge is 2.38. The number of hydrogen-bond donors (Lipinski definition) is 1. The zero-order chi connectivity index (χ0) is 15.9. The van der Waals surface area contributed by atoms with E-state index in [2.05, 4.69) is 76.6 Å². The van der Waals surface area contributed by atoms with Gasteiger partial charge < -0.3 is 4.53 Å². The molecule has 0 spiro atoms. The molecule has 1 atom stereocenters. The average Bonchev–Trinajstić information content (AvgIpc) is 2.42. The summed E-state index contributed by atoms with van der Waals surface area (Å²) in [6, 6.07) is 11.0. The highest BCUT2D eigenvalue weighted by molar-refractivity contribution is 6.74. The number of unbranched alkanes of at least 4 members (excludes halogenated alkanes) is 2. The van der Waals surface area contributed by atoms with Crippen LogP contribution in [-0.2, 0) is 4.53 Å². The third-order valence-electron chi connectivity index (χ3n) is 4.56. The lowest BCUT2D eigenvalue weighted by Crippen LogP contribution is -2.45. The second-order valence-corrected chi connectivity index (χ2v) is 12.2. The fraction of sp³-hybridized carbons (Fsp3) is 0.667. The predicted octanol–water partition coefficient (Wildman–Crippen LogP) is 5.83. The molecule has 0 aromatic heterocycles. The first-order valence-electron chi connectivity index (χ1n) is 8.26. The Hall–Kier alpha value is -0.643. The summed E-state index contributed by atoms with van der Waals surface area (Å²) in [5, 5.41) is 0.227. The summed E-state index contributed by atoms with van der Waals surface area (Å²) < 4.78 is 6.23. The summed E-state index contributed by atoms with van der Waals surface area (Å²) >= 11 is 0. The average molecular weight is 308 g/mol. The molecule has 1 aromatic carbocycles. The van der Waals surface area contributed by atoms with Crippen LogP contribution in [0.3, 0.4) is 0 Å². The van der Waals surface area contributed by atoms with Crippen molar-refractivity contribution in [3.8, 4) is 0 Å². The number of rotatable bonds is 8. The predicted molar refractivity (Wildman–Crippen MR) is 94.7 cm³/mol. The monoisotopic (exact) mass is 307 g/mol. The Balaban J connectivity index is 2.70. The van der Waals surface area contributed by atoms with Gasteiger partial charge in [-0.1, -0.05) is 77.3 Å². The molecule has 0 aliphatic rings. The quantitative estimate of drug-likeness (QED) is 0.370. The van der Waals surface area contributed by atoms with Gasteiger partial charge in [0.15, 0.2) is 0 Å². The van der Waals surface area contributed by atoms with Gasteiger partial charge in [-0.05, 0) is 30.1 Å². The van der Waals surface area contributed by atoms with E-state index < -0.39 is 8.32 Å². The lowest BCUT2D eigenvalue weighted by molar-refractivity contribution is 0.129. The van der Waals surface area contributed by atoms with Crippen molar-refractivity contribution in [2.24, 2.45) is 0 Å². The summed E-state index contributed by atoms with van der Waals surface area (Å²) in [4.78, 5) is 0. The molecule has 0 aliphatic carbocycles. The van der Waals surface area contributed by atoms with Crippen LogP contribution in [0.1, 0.15) is 65.0 Å². The van der Waals surface area contributed by atoms with Crippen LogP contribution in [-0.4, -0.2) is 8.32 Å². The fourth-order valence-corrected chi connectivity index (χ4v) is 2.69. The highest BCUT2D eigenvalue weighted by atomic mass is 28.4. The topological polar surface area (TPSA) is 21.3 Å². The van der Waals surface area contributed by atoms with Crippen molar-refractivity contribution in [2.45, 2.75) is 77.6 Å². The van der Waals surface area contributed by atoms with E-state index in [4.69, 9.17) is 4.53 Å². The highest BCUT2D eigenvalue weighted by Crippen LogP contribution is 2.36. The van der Waals surface area contributed by atoms with Crippen LogP contribution >= 0.6 is 0 Å². The van der Waals surface area contributed by atoms with Gasteiger partial charge in [-0.15, -0.1) is 0 Å². The zero-order valence-electron chi connectivity index (χ0n) is 14.7. The summed E-state index contributed by atoms with van der Waals surface area (Å²) in [7, 11) is -1.76. The molecule has 3 heteroatoms. The Morgan fingerprint density at radius 1 is 1.10 bits per heavy atom. The molecule has 0 saturated heterocycles. The van der Waals surface area contributed by atoms with Gasteiger partial charge in [0.2, 0.25) is 8.32 Å². The SMILES string of the molecule is CCCCC[C@@H](NO[Si](C)(C)C(C)(C)C)c1ccccc1. The molecule has 2 nitrogen and oxygen atoms in total. The normalized spacial score (nSPS) is 14.2. The van der Waals surface area contributed by atoms with Crippen molar-refractivity contribution in [1.29, 1.82) is 0 Å². The lowest BCUT2D eigenvalue weighted by Gasteiger charge is -2.37. The Morgan fingerprint density at radius 2 is 1.71 bits per heavy atom. The van der Waals surface area contributed by atoms with E-state index >= 15 is 0 Å². The minimum absolute atomic E-state index is 0.227. The molecule has 0 fully saturated rings. The molecule has 21 heavy (non-hydrogen) atoms. The molecule has 0 amide bonds. The molecule has 0 bridgehead atoms. The van der Waals surface area contributed by atoms with Gasteiger partial charge in [-0.2, -0.15) is 0 Å². The van der Waals surface area contributed by atoms with E-state index in [0.29, 0.717) is 6.04 Å². The van der Waals surface area contributed by atoms with E-state index in [9.17, 15) is 0 Å². The molecular weight excluding hydrogens is 274 g/mol. The number of benzene rings is 1. The third-order valence-corrected chi connectivity index (χ3v) is 8.80. The molecule has 0 aliphatic heterocycles. The van der Waals surface area contributed by atoms with Crippen molar-refractivity contribution in [1.82, 2.24) is 5.48 Å². The molecule has 1 aromatic rings. The van der Waals surface area contributed by atoms with Gasteiger partial charge in [0.05, 0.1) is 6.04 Å². The summed E-state index contributed by atoms with van der Waals surface area (Å²) in [5.41, 5.74) is 4.73. The maximum atomic E-state index is 6.23. The van der Waals surface area contributed by atoms with E-state index in [1.165, 1.54) is 24.8 Å². The molecule has 1 N–H and O–H groups in total. The van der Waals surface area contributed by atoms with Gasteiger partial charge in [0.25, 0.3) is 0 Å². The van der Waals surface area contributed by atoms with Gasteiger partial charge in [-0.3, -0.25) is 0 Å². The number of hydroxylamine groups is 1. The van der Waals surface area contributed by atoms with Crippen LogP contribution in [0.5, 0.6) is 0 Å². The van der Waals surface area contributed by atoms with Crippen LogP contribution < -0.4 is 5.48 Å². The van der Waals surface area contributed by atoms with Gasteiger partial charge in [0.1, 0.15) is 0 Å². The molecule has 120 valence electrons. The van der Waals surface area contributed by atoms with Gasteiger partial charge in [0, 0.05) is 0 Å². The van der Waals surface area contributed by atoms with Gasteiger partial charge >= 0.3 is 0 Å². The van der Waals surface area contributed by atoms with Crippen LogP contribution in [0.25, 0.3) is 0 Å². The molecule has 1 rings (SSSR count). The maximum Gasteiger partial charge on any atom is 0.219 e. The van der Waals surface area contributed by atoms with E-state index in [1.54, 1.807) is 0 Å². The molecule has 0 radical (unpaired) electrons. The second kappa shape index (κ2) is 8.11. The van der Waals surface area contributed by atoms with E-state index in [1.807, 2.05) is 0 Å². The van der Waals surface area contributed by atoms with Crippen LogP contribution in [0.15, 0.2) is 30.3 Å². The minimum Gasteiger partial charge on any atom is -0.345 e. The van der Waals surface area contributed by atoms with Crippen LogP contribution in [0, 0.1) is 0 Å². The summed E-state index contributed by atoms with van der Waals surface area (Å²) in [5.74, 6) is 0. The smallest absolute Gasteiger partial charge is 0.219 e. The Morgan fingerprint density at radius 3 is 2.24 bits per heavy atom. The fourth-order valence-electron chi connectivity index (χ4n) is 1.95. The van der Waals surface area contributed by atoms with Crippen molar-refractivity contribution in [2.75, 3.05) is 0 Å². The van der Waals surface area contributed by atoms with E-state index in [0.717, 1.165) is 6.42 Å². The number of nitrogens with one attached hydrogen (secondary N) is 1. The van der Waals surface area contributed by atoms with Crippen molar-refractivity contribution >= 4 is 8.32 Å². The van der Waals surface area contributed by atoms with Crippen molar-refractivity contribution in [3.63, 3.8) is 0 Å².